The largest absolute Gasteiger partial charge is 0.394 e. The van der Waals surface area contributed by atoms with E-state index in [4.69, 9.17) is 10.2 Å². The van der Waals surface area contributed by atoms with Gasteiger partial charge in [-0.05, 0) is 11.6 Å². The standard InChI is InChI=1S/C10H13O2S/c11-6-10(12)8-13-7-9-4-2-1-3-5-9/h1-4,10-12H,6-8H2. The molecule has 1 aromatic carbocycles. The summed E-state index contributed by atoms with van der Waals surface area (Å²) >= 11 is 1.60. The average Bonchev–Trinajstić information content (AvgIpc) is 2.19. The van der Waals surface area contributed by atoms with Gasteiger partial charge < -0.3 is 10.2 Å². The smallest absolute Gasteiger partial charge is 0.0861 e. The van der Waals surface area contributed by atoms with Gasteiger partial charge >= 0.3 is 0 Å². The van der Waals surface area contributed by atoms with E-state index in [-0.39, 0.29) is 6.61 Å². The fourth-order valence-electron chi connectivity index (χ4n) is 0.878. The second kappa shape index (κ2) is 6.02. The number of aliphatic hydroxyl groups is 2. The van der Waals surface area contributed by atoms with Gasteiger partial charge in [0.2, 0.25) is 0 Å². The lowest BCUT2D eigenvalue weighted by molar-refractivity contribution is 0.113. The van der Waals surface area contributed by atoms with Crippen molar-refractivity contribution in [2.24, 2.45) is 0 Å². The zero-order chi connectivity index (χ0) is 9.52. The molecule has 1 radical (unpaired) electrons. The third-order valence-electron chi connectivity index (χ3n) is 1.55. The van der Waals surface area contributed by atoms with Crippen LogP contribution in [0, 0.1) is 6.07 Å². The van der Waals surface area contributed by atoms with Gasteiger partial charge in [0.15, 0.2) is 0 Å². The minimum absolute atomic E-state index is 0.161. The van der Waals surface area contributed by atoms with E-state index in [9.17, 15) is 0 Å². The van der Waals surface area contributed by atoms with Crippen LogP contribution in [0.2, 0.25) is 0 Å². The molecule has 0 saturated carbocycles. The van der Waals surface area contributed by atoms with Gasteiger partial charge in [0, 0.05) is 11.5 Å². The molecule has 71 valence electrons. The molecule has 0 fully saturated rings. The molecule has 0 aliphatic heterocycles. The molecule has 1 unspecified atom stereocenters. The summed E-state index contributed by atoms with van der Waals surface area (Å²) in [5.41, 5.74) is 1.12. The predicted molar refractivity (Wildman–Crippen MR) is 54.5 cm³/mol. The number of aliphatic hydroxyl groups excluding tert-OH is 2. The van der Waals surface area contributed by atoms with Crippen molar-refractivity contribution in [3.8, 4) is 0 Å². The summed E-state index contributed by atoms with van der Waals surface area (Å²) in [5, 5.41) is 17.6. The molecule has 13 heavy (non-hydrogen) atoms. The van der Waals surface area contributed by atoms with Crippen LogP contribution in [0.25, 0.3) is 0 Å². The number of hydrogen-bond donors (Lipinski definition) is 2. The Morgan fingerprint density at radius 3 is 2.92 bits per heavy atom. The normalized spacial score (nSPS) is 12.8. The van der Waals surface area contributed by atoms with Crippen LogP contribution >= 0.6 is 11.8 Å². The fraction of sp³-hybridized carbons (Fsp3) is 0.400. The molecule has 0 aliphatic carbocycles. The Bertz CT molecular complexity index is 226. The molecular weight excluding hydrogens is 184 g/mol. The second-order valence-corrected chi connectivity index (χ2v) is 3.77. The van der Waals surface area contributed by atoms with Gasteiger partial charge in [0.25, 0.3) is 0 Å². The molecule has 0 spiro atoms. The summed E-state index contributed by atoms with van der Waals surface area (Å²) in [6.07, 6.45) is -0.603. The Morgan fingerprint density at radius 1 is 1.46 bits per heavy atom. The molecule has 2 N–H and O–H groups in total. The van der Waals surface area contributed by atoms with Crippen molar-refractivity contribution in [2.45, 2.75) is 11.9 Å². The van der Waals surface area contributed by atoms with Gasteiger partial charge in [0.1, 0.15) is 0 Å². The maximum Gasteiger partial charge on any atom is 0.0861 e. The number of thioether (sulfide) groups is 1. The summed E-state index contributed by atoms with van der Waals surface area (Å²) in [6, 6.07) is 10.9. The molecule has 1 atom stereocenters. The summed E-state index contributed by atoms with van der Waals surface area (Å²) in [4.78, 5) is 0. The van der Waals surface area contributed by atoms with Crippen molar-refractivity contribution in [3.05, 3.63) is 35.9 Å². The SMILES string of the molecule is OCC(O)CSCc1[c]cccc1. The van der Waals surface area contributed by atoms with Crippen LogP contribution in [-0.4, -0.2) is 28.7 Å². The molecule has 2 nitrogen and oxygen atoms in total. The van der Waals surface area contributed by atoms with Crippen molar-refractivity contribution < 1.29 is 10.2 Å². The minimum Gasteiger partial charge on any atom is -0.394 e. The molecule has 3 heteroatoms. The summed E-state index contributed by atoms with van der Waals surface area (Å²) in [5.74, 6) is 1.40. The van der Waals surface area contributed by atoms with E-state index >= 15 is 0 Å². The highest BCUT2D eigenvalue weighted by atomic mass is 32.2. The monoisotopic (exact) mass is 197 g/mol. The van der Waals surface area contributed by atoms with Gasteiger partial charge in [0.05, 0.1) is 12.7 Å². The van der Waals surface area contributed by atoms with Crippen LogP contribution in [0.1, 0.15) is 5.56 Å². The molecule has 1 aromatic rings. The quantitative estimate of drug-likeness (QED) is 0.742. The molecule has 0 heterocycles. The topological polar surface area (TPSA) is 40.5 Å². The molecule has 0 amide bonds. The first-order valence-electron chi connectivity index (χ1n) is 4.15. The van der Waals surface area contributed by atoms with Crippen molar-refractivity contribution in [1.82, 2.24) is 0 Å². The van der Waals surface area contributed by atoms with E-state index in [1.165, 1.54) is 0 Å². The van der Waals surface area contributed by atoms with Crippen LogP contribution in [0.3, 0.4) is 0 Å². The maximum absolute atomic E-state index is 9.05. The Hall–Kier alpha value is -0.510. The lowest BCUT2D eigenvalue weighted by Crippen LogP contribution is -2.14. The van der Waals surface area contributed by atoms with Gasteiger partial charge in [-0.15, -0.1) is 0 Å². The molecule has 0 saturated heterocycles. The lowest BCUT2D eigenvalue weighted by Gasteiger charge is -2.05. The van der Waals surface area contributed by atoms with E-state index in [0.29, 0.717) is 5.75 Å². The Labute approximate surface area is 82.6 Å². The highest BCUT2D eigenvalue weighted by Gasteiger charge is 2.01. The average molecular weight is 197 g/mol. The highest BCUT2D eigenvalue weighted by molar-refractivity contribution is 7.98. The van der Waals surface area contributed by atoms with Gasteiger partial charge in [-0.2, -0.15) is 11.8 Å². The summed E-state index contributed by atoms with van der Waals surface area (Å²) in [6.45, 7) is -0.161. The predicted octanol–water partition coefficient (Wildman–Crippen LogP) is 1.07. The number of hydrogen-bond acceptors (Lipinski definition) is 3. The van der Waals surface area contributed by atoms with Crippen molar-refractivity contribution in [2.75, 3.05) is 12.4 Å². The van der Waals surface area contributed by atoms with Gasteiger partial charge in [-0.3, -0.25) is 0 Å². The van der Waals surface area contributed by atoms with Crippen molar-refractivity contribution >= 4 is 11.8 Å². The van der Waals surface area contributed by atoms with E-state index in [2.05, 4.69) is 6.07 Å². The van der Waals surface area contributed by atoms with Crippen molar-refractivity contribution in [3.63, 3.8) is 0 Å². The third kappa shape index (κ3) is 4.31. The van der Waals surface area contributed by atoms with Crippen LogP contribution in [-0.2, 0) is 5.75 Å². The van der Waals surface area contributed by atoms with E-state index in [1.807, 2.05) is 24.3 Å². The van der Waals surface area contributed by atoms with Gasteiger partial charge in [-0.25, -0.2) is 0 Å². The van der Waals surface area contributed by atoms with E-state index in [0.717, 1.165) is 11.3 Å². The molecular formula is C10H13O2S. The summed E-state index contributed by atoms with van der Waals surface area (Å²) in [7, 11) is 0. The van der Waals surface area contributed by atoms with Crippen LogP contribution in [0.4, 0.5) is 0 Å². The van der Waals surface area contributed by atoms with Gasteiger partial charge in [-0.1, -0.05) is 24.3 Å². The zero-order valence-corrected chi connectivity index (χ0v) is 8.13. The molecule has 0 bridgehead atoms. The zero-order valence-electron chi connectivity index (χ0n) is 7.31. The van der Waals surface area contributed by atoms with E-state index < -0.39 is 6.10 Å². The molecule has 1 rings (SSSR count). The third-order valence-corrected chi connectivity index (χ3v) is 2.69. The second-order valence-electron chi connectivity index (χ2n) is 2.74. The number of rotatable bonds is 5. The first-order valence-corrected chi connectivity index (χ1v) is 5.30. The number of benzene rings is 1. The Morgan fingerprint density at radius 2 is 2.31 bits per heavy atom. The van der Waals surface area contributed by atoms with E-state index in [1.54, 1.807) is 11.8 Å². The van der Waals surface area contributed by atoms with Crippen LogP contribution < -0.4 is 0 Å². The first kappa shape index (κ1) is 10.6. The Balaban J connectivity index is 2.20. The lowest BCUT2D eigenvalue weighted by atomic mass is 10.2. The van der Waals surface area contributed by atoms with Crippen LogP contribution in [0.15, 0.2) is 24.3 Å². The minimum atomic E-state index is -0.603. The fourth-order valence-corrected chi connectivity index (χ4v) is 1.77. The first-order chi connectivity index (χ1) is 6.33. The summed E-state index contributed by atoms with van der Waals surface area (Å²) < 4.78 is 0. The molecule has 0 aromatic heterocycles. The molecule has 0 aliphatic rings. The van der Waals surface area contributed by atoms with Crippen molar-refractivity contribution in [1.29, 1.82) is 0 Å². The van der Waals surface area contributed by atoms with Crippen LogP contribution in [0.5, 0.6) is 0 Å². The maximum atomic E-state index is 9.05. The Kier molecular flexibility index (Phi) is 4.90. The highest BCUT2D eigenvalue weighted by Crippen LogP contribution is 2.11.